The molecule has 0 N–H and O–H groups in total. The first kappa shape index (κ1) is 11.4. The van der Waals surface area contributed by atoms with Gasteiger partial charge in [0.25, 0.3) is 0 Å². The Kier molecular flexibility index (Phi) is 3.65. The molecule has 2 heterocycles. The van der Waals surface area contributed by atoms with Gasteiger partial charge in [0.15, 0.2) is 0 Å². The van der Waals surface area contributed by atoms with Gasteiger partial charge in [0.05, 0.1) is 12.2 Å². The van der Waals surface area contributed by atoms with Gasteiger partial charge < -0.3 is 9.64 Å². The van der Waals surface area contributed by atoms with Crippen LogP contribution < -0.4 is 0 Å². The molecule has 2 rings (SSSR count). The summed E-state index contributed by atoms with van der Waals surface area (Å²) in [6.45, 7) is 9.33. The maximum Gasteiger partial charge on any atom is 0.0565 e. The van der Waals surface area contributed by atoms with Gasteiger partial charge in [-0.1, -0.05) is 0 Å². The topological polar surface area (TPSA) is 15.7 Å². The van der Waals surface area contributed by atoms with Crippen molar-refractivity contribution in [3.8, 4) is 0 Å². The molecule has 0 spiro atoms. The van der Waals surface area contributed by atoms with E-state index in [0.29, 0.717) is 12.2 Å². The molecule has 3 nitrogen and oxygen atoms in total. The zero-order valence-electron chi connectivity index (χ0n) is 10.3. The Balaban J connectivity index is 1.87. The number of ether oxygens (including phenoxy) is 1. The van der Waals surface area contributed by atoms with E-state index in [1.165, 1.54) is 39.0 Å². The smallest absolute Gasteiger partial charge is 0.0565 e. The molecule has 0 bridgehead atoms. The quantitative estimate of drug-likeness (QED) is 0.649. The van der Waals surface area contributed by atoms with E-state index in [2.05, 4.69) is 30.7 Å². The molecule has 1 unspecified atom stereocenters. The molecule has 0 saturated carbocycles. The van der Waals surface area contributed by atoms with Crippen LogP contribution in [-0.2, 0) is 4.74 Å². The van der Waals surface area contributed by atoms with Gasteiger partial charge in [-0.05, 0) is 33.7 Å². The maximum atomic E-state index is 5.79. The fourth-order valence-corrected chi connectivity index (χ4v) is 2.86. The van der Waals surface area contributed by atoms with E-state index in [9.17, 15) is 0 Å². The Morgan fingerprint density at radius 1 is 0.933 bits per heavy atom. The highest BCUT2D eigenvalue weighted by Gasteiger charge is 2.30. The van der Waals surface area contributed by atoms with Gasteiger partial charge >= 0.3 is 0 Å². The van der Waals surface area contributed by atoms with Crippen LogP contribution in [0.25, 0.3) is 0 Å². The highest BCUT2D eigenvalue weighted by atomic mass is 16.5. The maximum absolute atomic E-state index is 5.79. The first-order valence-electron chi connectivity index (χ1n) is 6.23. The molecule has 0 aromatic carbocycles. The molecule has 0 aromatic heterocycles. The van der Waals surface area contributed by atoms with Crippen LogP contribution in [0.3, 0.4) is 0 Å². The predicted molar refractivity (Wildman–Crippen MR) is 62.1 cm³/mol. The summed E-state index contributed by atoms with van der Waals surface area (Å²) in [6.07, 6.45) is 3.32. The van der Waals surface area contributed by atoms with Crippen LogP contribution in [0.2, 0.25) is 0 Å². The second-order valence-electron chi connectivity index (χ2n) is 5.22. The number of likely N-dealkylation sites (N-methyl/N-ethyl adjacent to an activating group) is 1. The Labute approximate surface area is 93.4 Å². The van der Waals surface area contributed by atoms with Crippen LogP contribution in [0.15, 0.2) is 0 Å². The average Bonchev–Trinajstić information content (AvgIpc) is 2.17. The molecule has 15 heavy (non-hydrogen) atoms. The molecule has 2 aliphatic heterocycles. The van der Waals surface area contributed by atoms with Gasteiger partial charge in [-0.2, -0.15) is 0 Å². The molecular weight excluding hydrogens is 188 g/mol. The number of hydrogen-bond donors (Lipinski definition) is 0. The summed E-state index contributed by atoms with van der Waals surface area (Å²) in [7, 11) is 2.21. The number of rotatable bonds is 1. The summed E-state index contributed by atoms with van der Waals surface area (Å²) in [6, 6.07) is 0.762. The first-order valence-corrected chi connectivity index (χ1v) is 6.23. The van der Waals surface area contributed by atoms with Crippen molar-refractivity contribution in [2.45, 2.75) is 44.9 Å². The Hall–Kier alpha value is -0.120. The molecule has 88 valence electrons. The third-order valence-corrected chi connectivity index (χ3v) is 3.73. The second kappa shape index (κ2) is 4.81. The van der Waals surface area contributed by atoms with Gasteiger partial charge in [-0.3, -0.25) is 4.90 Å². The Morgan fingerprint density at radius 3 is 2.00 bits per heavy atom. The van der Waals surface area contributed by atoms with Crippen molar-refractivity contribution in [3.05, 3.63) is 0 Å². The van der Waals surface area contributed by atoms with Crippen LogP contribution in [0.4, 0.5) is 0 Å². The second-order valence-corrected chi connectivity index (χ2v) is 5.22. The van der Waals surface area contributed by atoms with Crippen molar-refractivity contribution >= 4 is 0 Å². The summed E-state index contributed by atoms with van der Waals surface area (Å²) in [5.74, 6) is 0. The molecule has 0 aliphatic carbocycles. The molecule has 0 radical (unpaired) electrons. The number of piperazine rings is 1. The van der Waals surface area contributed by atoms with Crippen LogP contribution >= 0.6 is 0 Å². The normalized spacial score (nSPS) is 40.6. The predicted octanol–water partition coefficient (Wildman–Crippen LogP) is 1.19. The van der Waals surface area contributed by atoms with E-state index in [1.807, 2.05) is 0 Å². The lowest BCUT2D eigenvalue weighted by molar-refractivity contribution is -0.0703. The summed E-state index contributed by atoms with van der Waals surface area (Å²) in [4.78, 5) is 5.08. The van der Waals surface area contributed by atoms with E-state index in [0.717, 1.165) is 6.04 Å². The summed E-state index contributed by atoms with van der Waals surface area (Å²) in [5.41, 5.74) is 0. The minimum atomic E-state index is 0.443. The van der Waals surface area contributed by atoms with Crippen molar-refractivity contribution in [2.75, 3.05) is 33.2 Å². The molecule has 0 amide bonds. The third kappa shape index (κ3) is 2.92. The van der Waals surface area contributed by atoms with Gasteiger partial charge in [0.1, 0.15) is 0 Å². The van der Waals surface area contributed by atoms with Crippen molar-refractivity contribution < 1.29 is 4.74 Å². The number of hydrogen-bond acceptors (Lipinski definition) is 3. The van der Waals surface area contributed by atoms with E-state index >= 15 is 0 Å². The Bertz CT molecular complexity index is 192. The average molecular weight is 212 g/mol. The SMILES string of the molecule is C[C@@H]1CC(N2CCN(C)CC2)C[C@H](C)O1. The number of nitrogens with zero attached hydrogens (tertiary/aromatic N) is 2. The van der Waals surface area contributed by atoms with Gasteiger partial charge in [0, 0.05) is 32.2 Å². The standard InChI is InChI=1S/C12H24N2O/c1-10-8-12(9-11(2)15-10)14-6-4-13(3)5-7-14/h10-12H,4-9H2,1-3H3/t10-,11+,12?. The molecular formula is C12H24N2O. The third-order valence-electron chi connectivity index (χ3n) is 3.73. The van der Waals surface area contributed by atoms with E-state index in [4.69, 9.17) is 4.74 Å². The lowest BCUT2D eigenvalue weighted by atomic mass is 9.97. The van der Waals surface area contributed by atoms with E-state index in [-0.39, 0.29) is 0 Å². The summed E-state index contributed by atoms with van der Waals surface area (Å²) in [5, 5.41) is 0. The molecule has 3 atom stereocenters. The fourth-order valence-electron chi connectivity index (χ4n) is 2.86. The van der Waals surface area contributed by atoms with Crippen LogP contribution in [-0.4, -0.2) is 61.3 Å². The van der Waals surface area contributed by atoms with Crippen molar-refractivity contribution in [1.82, 2.24) is 9.80 Å². The molecule has 3 heteroatoms. The minimum absolute atomic E-state index is 0.443. The monoisotopic (exact) mass is 212 g/mol. The van der Waals surface area contributed by atoms with Crippen LogP contribution in [0, 0.1) is 0 Å². The van der Waals surface area contributed by atoms with E-state index in [1.54, 1.807) is 0 Å². The summed E-state index contributed by atoms with van der Waals surface area (Å²) >= 11 is 0. The largest absolute Gasteiger partial charge is 0.375 e. The van der Waals surface area contributed by atoms with Crippen molar-refractivity contribution in [2.24, 2.45) is 0 Å². The zero-order chi connectivity index (χ0) is 10.8. The van der Waals surface area contributed by atoms with Crippen LogP contribution in [0.1, 0.15) is 26.7 Å². The van der Waals surface area contributed by atoms with Crippen LogP contribution in [0.5, 0.6) is 0 Å². The fraction of sp³-hybridized carbons (Fsp3) is 1.00. The lowest BCUT2D eigenvalue weighted by Gasteiger charge is -2.42. The zero-order valence-corrected chi connectivity index (χ0v) is 10.3. The van der Waals surface area contributed by atoms with E-state index < -0.39 is 0 Å². The lowest BCUT2D eigenvalue weighted by Crippen LogP contribution is -2.52. The van der Waals surface area contributed by atoms with Gasteiger partial charge in [-0.15, -0.1) is 0 Å². The molecule has 2 aliphatic rings. The highest BCUT2D eigenvalue weighted by Crippen LogP contribution is 2.24. The molecule has 2 saturated heterocycles. The molecule has 0 aromatic rings. The summed E-state index contributed by atoms with van der Waals surface area (Å²) < 4.78 is 5.79. The Morgan fingerprint density at radius 2 is 1.47 bits per heavy atom. The molecule has 2 fully saturated rings. The highest BCUT2D eigenvalue weighted by molar-refractivity contribution is 4.83. The van der Waals surface area contributed by atoms with Gasteiger partial charge in [-0.25, -0.2) is 0 Å². The van der Waals surface area contributed by atoms with Gasteiger partial charge in [0.2, 0.25) is 0 Å². The minimum Gasteiger partial charge on any atom is -0.375 e. The van der Waals surface area contributed by atoms with Crippen molar-refractivity contribution in [1.29, 1.82) is 0 Å². The first-order chi connectivity index (χ1) is 7.15. The van der Waals surface area contributed by atoms with Crippen molar-refractivity contribution in [3.63, 3.8) is 0 Å².